The fraction of sp³-hybridized carbons (Fsp3) is 0.467. The van der Waals surface area contributed by atoms with Crippen LogP contribution in [0.1, 0.15) is 37.1 Å². The van der Waals surface area contributed by atoms with Crippen molar-refractivity contribution < 1.29 is 4.79 Å². The predicted molar refractivity (Wildman–Crippen MR) is 74.1 cm³/mol. The molecule has 1 saturated carbocycles. The van der Waals surface area contributed by atoms with Crippen molar-refractivity contribution in [2.75, 3.05) is 0 Å². The van der Waals surface area contributed by atoms with Crippen LogP contribution in [0.3, 0.4) is 0 Å². The summed E-state index contributed by atoms with van der Waals surface area (Å²) < 4.78 is 0. The molecule has 3 rings (SSSR count). The first-order chi connectivity index (χ1) is 9.71. The first-order valence-electron chi connectivity index (χ1n) is 7.02. The van der Waals surface area contributed by atoms with Crippen molar-refractivity contribution in [1.82, 2.24) is 20.2 Å². The van der Waals surface area contributed by atoms with E-state index in [1.54, 1.807) is 7.05 Å². The number of ketones is 1. The van der Waals surface area contributed by atoms with Gasteiger partial charge >= 0.3 is 0 Å². The van der Waals surface area contributed by atoms with Gasteiger partial charge in [0.2, 0.25) is 0 Å². The molecule has 0 amide bonds. The van der Waals surface area contributed by atoms with E-state index in [2.05, 4.69) is 27.5 Å². The average Bonchev–Trinajstić information content (AvgIpc) is 3.10. The topological polar surface area (TPSA) is 60.7 Å². The Morgan fingerprint density at radius 3 is 2.55 bits per heavy atom. The van der Waals surface area contributed by atoms with Crippen LogP contribution < -0.4 is 0 Å². The van der Waals surface area contributed by atoms with E-state index < -0.39 is 0 Å². The number of rotatable bonds is 4. The zero-order valence-electron chi connectivity index (χ0n) is 11.6. The Morgan fingerprint density at radius 2 is 1.95 bits per heavy atom. The minimum Gasteiger partial charge on any atom is -0.298 e. The number of hydrogen-bond acceptors (Lipinski definition) is 4. The third-order valence-electron chi connectivity index (χ3n) is 4.19. The Labute approximate surface area is 118 Å². The molecule has 0 radical (unpaired) electrons. The summed E-state index contributed by atoms with van der Waals surface area (Å²) in [6.45, 7) is 0. The number of benzene rings is 1. The maximum Gasteiger partial charge on any atom is 0.182 e. The van der Waals surface area contributed by atoms with E-state index in [4.69, 9.17) is 0 Å². The summed E-state index contributed by atoms with van der Waals surface area (Å²) in [5.41, 5.74) is 0.784. The van der Waals surface area contributed by atoms with Crippen LogP contribution in [0.2, 0.25) is 0 Å². The molecule has 0 saturated heterocycles. The van der Waals surface area contributed by atoms with Gasteiger partial charge in [0.05, 0.1) is 18.9 Å². The number of carbonyl (C=O) groups excluding carboxylic acids is 1. The number of Topliss-reactive ketones (excluding diaryl/α,β-unsaturated/α-hetero) is 1. The molecule has 0 spiro atoms. The molecule has 2 aromatic rings. The second-order valence-electron chi connectivity index (χ2n) is 5.45. The molecule has 0 aliphatic heterocycles. The van der Waals surface area contributed by atoms with Gasteiger partial charge in [-0.2, -0.15) is 4.80 Å². The molecular weight excluding hydrogens is 252 g/mol. The summed E-state index contributed by atoms with van der Waals surface area (Å²) in [6, 6.07) is 10.1. The van der Waals surface area contributed by atoms with Gasteiger partial charge in [-0.1, -0.05) is 43.2 Å². The van der Waals surface area contributed by atoms with E-state index in [0.29, 0.717) is 5.82 Å². The molecule has 20 heavy (non-hydrogen) atoms. The molecular formula is C15H18N4O. The van der Waals surface area contributed by atoms with Crippen LogP contribution in [-0.4, -0.2) is 26.0 Å². The molecule has 1 fully saturated rings. The quantitative estimate of drug-likeness (QED) is 0.850. The van der Waals surface area contributed by atoms with Crippen LogP contribution in [0, 0.1) is 0 Å². The van der Waals surface area contributed by atoms with E-state index >= 15 is 0 Å². The van der Waals surface area contributed by atoms with Crippen LogP contribution in [0.5, 0.6) is 0 Å². The minimum absolute atomic E-state index is 0.217. The number of nitrogens with zero attached hydrogens (tertiary/aromatic N) is 4. The standard InChI is InChI=1S/C15H18N4O/c1-19-17-14(16-18-19)11-13(20)15(9-5-6-10-15)12-7-3-2-4-8-12/h2-4,7-8H,5-6,9-11H2,1H3. The lowest BCUT2D eigenvalue weighted by atomic mass is 9.74. The lowest BCUT2D eigenvalue weighted by Crippen LogP contribution is -2.34. The van der Waals surface area contributed by atoms with Crippen molar-refractivity contribution in [1.29, 1.82) is 0 Å². The summed E-state index contributed by atoms with van der Waals surface area (Å²) in [4.78, 5) is 14.2. The third kappa shape index (κ3) is 2.24. The molecule has 0 unspecified atom stereocenters. The highest BCUT2D eigenvalue weighted by Gasteiger charge is 2.42. The highest BCUT2D eigenvalue weighted by molar-refractivity contribution is 5.91. The van der Waals surface area contributed by atoms with Gasteiger partial charge in [-0.05, 0) is 23.6 Å². The average molecular weight is 270 g/mol. The highest BCUT2D eigenvalue weighted by Crippen LogP contribution is 2.42. The monoisotopic (exact) mass is 270 g/mol. The normalized spacial score (nSPS) is 17.2. The van der Waals surface area contributed by atoms with Gasteiger partial charge in [-0.15, -0.1) is 10.2 Å². The molecule has 1 heterocycles. The third-order valence-corrected chi connectivity index (χ3v) is 4.19. The molecule has 5 nitrogen and oxygen atoms in total. The van der Waals surface area contributed by atoms with E-state index in [1.165, 1.54) is 4.80 Å². The lowest BCUT2D eigenvalue weighted by Gasteiger charge is -2.27. The summed E-state index contributed by atoms with van der Waals surface area (Å²) in [5.74, 6) is 0.730. The summed E-state index contributed by atoms with van der Waals surface area (Å²) >= 11 is 0. The number of aromatic nitrogens is 4. The van der Waals surface area contributed by atoms with Crippen molar-refractivity contribution in [3.63, 3.8) is 0 Å². The lowest BCUT2D eigenvalue weighted by molar-refractivity contribution is -0.123. The Balaban J connectivity index is 1.89. The van der Waals surface area contributed by atoms with Gasteiger partial charge in [0.1, 0.15) is 0 Å². The van der Waals surface area contributed by atoms with E-state index in [0.717, 1.165) is 31.2 Å². The molecule has 0 N–H and O–H groups in total. The minimum atomic E-state index is -0.347. The molecule has 1 aromatic heterocycles. The number of aryl methyl sites for hydroxylation is 1. The molecule has 104 valence electrons. The Bertz CT molecular complexity index is 599. The summed E-state index contributed by atoms with van der Waals surface area (Å²) in [7, 11) is 1.71. The van der Waals surface area contributed by atoms with Gasteiger partial charge in [-0.25, -0.2) is 0 Å². The Hall–Kier alpha value is -2.04. The van der Waals surface area contributed by atoms with E-state index in [9.17, 15) is 4.79 Å². The molecule has 0 atom stereocenters. The van der Waals surface area contributed by atoms with Crippen LogP contribution in [0.4, 0.5) is 0 Å². The van der Waals surface area contributed by atoms with Crippen LogP contribution in [0.25, 0.3) is 0 Å². The first kappa shape index (κ1) is 13.0. The number of carbonyl (C=O) groups is 1. The highest BCUT2D eigenvalue weighted by atomic mass is 16.1. The zero-order valence-corrected chi connectivity index (χ0v) is 11.6. The fourth-order valence-electron chi connectivity index (χ4n) is 3.17. The second kappa shape index (κ2) is 5.15. The fourth-order valence-corrected chi connectivity index (χ4v) is 3.17. The van der Waals surface area contributed by atoms with E-state index in [1.807, 2.05) is 18.2 Å². The smallest absolute Gasteiger partial charge is 0.182 e. The van der Waals surface area contributed by atoms with Crippen molar-refractivity contribution in [2.45, 2.75) is 37.5 Å². The number of tetrazole rings is 1. The van der Waals surface area contributed by atoms with Gasteiger partial charge in [0, 0.05) is 0 Å². The second-order valence-corrected chi connectivity index (χ2v) is 5.45. The maximum absolute atomic E-state index is 12.8. The van der Waals surface area contributed by atoms with E-state index in [-0.39, 0.29) is 17.6 Å². The first-order valence-corrected chi connectivity index (χ1v) is 7.02. The van der Waals surface area contributed by atoms with Crippen molar-refractivity contribution >= 4 is 5.78 Å². The Kier molecular flexibility index (Phi) is 3.34. The van der Waals surface area contributed by atoms with Gasteiger partial charge in [-0.3, -0.25) is 4.79 Å². The van der Waals surface area contributed by atoms with Gasteiger partial charge < -0.3 is 0 Å². The predicted octanol–water partition coefficient (Wildman–Crippen LogP) is 1.83. The molecule has 1 aliphatic carbocycles. The molecule has 1 aromatic carbocycles. The molecule has 1 aliphatic rings. The number of hydrogen-bond donors (Lipinski definition) is 0. The van der Waals surface area contributed by atoms with Gasteiger partial charge in [0.15, 0.2) is 11.6 Å². The van der Waals surface area contributed by atoms with Crippen LogP contribution >= 0.6 is 0 Å². The van der Waals surface area contributed by atoms with Crippen LogP contribution in [0.15, 0.2) is 30.3 Å². The van der Waals surface area contributed by atoms with Gasteiger partial charge in [0.25, 0.3) is 0 Å². The Morgan fingerprint density at radius 1 is 1.25 bits per heavy atom. The van der Waals surface area contributed by atoms with Crippen molar-refractivity contribution in [2.24, 2.45) is 7.05 Å². The zero-order chi connectivity index (χ0) is 14.0. The largest absolute Gasteiger partial charge is 0.298 e. The molecule has 0 bridgehead atoms. The SMILES string of the molecule is Cn1nnc(CC(=O)C2(c3ccccc3)CCCC2)n1. The maximum atomic E-state index is 12.8. The molecule has 5 heteroatoms. The summed E-state index contributed by atoms with van der Waals surface area (Å²) in [5, 5.41) is 11.8. The van der Waals surface area contributed by atoms with Crippen molar-refractivity contribution in [3.05, 3.63) is 41.7 Å². The summed E-state index contributed by atoms with van der Waals surface area (Å²) in [6.07, 6.45) is 4.33. The van der Waals surface area contributed by atoms with Crippen molar-refractivity contribution in [3.8, 4) is 0 Å². The van der Waals surface area contributed by atoms with Crippen LogP contribution in [-0.2, 0) is 23.7 Å².